The fourth-order valence-electron chi connectivity index (χ4n) is 4.22. The Morgan fingerprint density at radius 2 is 1.90 bits per heavy atom. The first-order valence-corrected chi connectivity index (χ1v) is 12.9. The van der Waals surface area contributed by atoms with Crippen LogP contribution in [0.4, 0.5) is 33.8 Å². The Labute approximate surface area is 230 Å². The molecule has 1 aromatic carbocycles. The van der Waals surface area contributed by atoms with Crippen molar-refractivity contribution in [3.63, 3.8) is 0 Å². The van der Waals surface area contributed by atoms with Gasteiger partial charge in [-0.3, -0.25) is 4.98 Å². The number of benzene rings is 1. The van der Waals surface area contributed by atoms with Crippen molar-refractivity contribution in [2.45, 2.75) is 46.3 Å². The number of nitrogens with one attached hydrogen (secondary N) is 3. The number of nitrogens with zero attached hydrogens (tertiary/aromatic N) is 5. The van der Waals surface area contributed by atoms with Crippen LogP contribution in [0, 0.1) is 6.92 Å². The van der Waals surface area contributed by atoms with Gasteiger partial charge in [-0.25, -0.2) is 19.6 Å². The number of hydrogen-bond donors (Lipinski definition) is 3. The number of anilines is 5. The number of piperazine rings is 1. The molecule has 13 heteroatoms. The second kappa shape index (κ2) is 10.8. The minimum atomic E-state index is -0.701. The number of H-pyrrole nitrogens is 1. The number of carbonyl (C=O) groups is 1. The molecule has 0 spiro atoms. The quantitative estimate of drug-likeness (QED) is 0.291. The summed E-state index contributed by atoms with van der Waals surface area (Å²) < 4.78 is 10.3. The van der Waals surface area contributed by atoms with Gasteiger partial charge in [0.2, 0.25) is 5.95 Å². The second-order valence-electron chi connectivity index (χ2n) is 10.6. The van der Waals surface area contributed by atoms with Crippen LogP contribution in [0.25, 0.3) is 11.1 Å². The molecule has 5 rings (SSSR count). The number of oxazole rings is 1. The smallest absolute Gasteiger partial charge is 0.427 e. The Morgan fingerprint density at radius 1 is 1.10 bits per heavy atom. The number of fused-ring (bicyclic) bond motifs is 1. The summed E-state index contributed by atoms with van der Waals surface area (Å²) in [4.78, 5) is 47.3. The Hall–Kier alpha value is -4.65. The minimum absolute atomic E-state index is 0.0396. The maximum atomic E-state index is 12.0. The van der Waals surface area contributed by atoms with Crippen LogP contribution in [0.5, 0.6) is 0 Å². The number of hydrogen-bond acceptors (Lipinski definition) is 12. The third-order valence-corrected chi connectivity index (χ3v) is 6.13. The third-order valence-electron chi connectivity index (χ3n) is 6.13. The molecule has 1 aliphatic heterocycles. The van der Waals surface area contributed by atoms with E-state index in [9.17, 15) is 9.59 Å². The zero-order chi connectivity index (χ0) is 28.4. The van der Waals surface area contributed by atoms with Gasteiger partial charge in [0.1, 0.15) is 17.2 Å². The number of rotatable bonds is 6. The molecule has 1 atom stereocenters. The van der Waals surface area contributed by atoms with Gasteiger partial charge in [-0.05, 0) is 65.0 Å². The van der Waals surface area contributed by atoms with E-state index in [0.717, 1.165) is 22.8 Å². The fourth-order valence-corrected chi connectivity index (χ4v) is 4.22. The lowest BCUT2D eigenvalue weighted by Gasteiger charge is -2.38. The van der Waals surface area contributed by atoms with E-state index < -0.39 is 17.5 Å². The number of ether oxygens (including phenoxy) is 1. The van der Waals surface area contributed by atoms with Crippen LogP contribution in [0.2, 0.25) is 0 Å². The number of carbonyl (C=O) groups excluding carboxylic acids is 1. The van der Waals surface area contributed by atoms with Crippen LogP contribution in [0.1, 0.15) is 33.3 Å². The molecule has 3 N–H and O–H groups in total. The van der Waals surface area contributed by atoms with E-state index in [1.807, 2.05) is 26.0 Å². The Bertz CT molecular complexity index is 1560. The van der Waals surface area contributed by atoms with Gasteiger partial charge in [-0.15, -0.1) is 5.06 Å². The molecule has 4 aromatic rings. The summed E-state index contributed by atoms with van der Waals surface area (Å²) in [5, 5.41) is 8.10. The largest absolute Gasteiger partial charge is 0.528 e. The monoisotopic (exact) mass is 548 g/mol. The highest BCUT2D eigenvalue weighted by Crippen LogP contribution is 2.24. The molecular weight excluding hydrogens is 516 g/mol. The van der Waals surface area contributed by atoms with Crippen molar-refractivity contribution in [1.82, 2.24) is 25.0 Å². The average Bonchev–Trinajstić information content (AvgIpc) is 3.26. The van der Waals surface area contributed by atoms with Crippen molar-refractivity contribution < 1.29 is 18.8 Å². The number of aromatic nitrogens is 4. The van der Waals surface area contributed by atoms with Crippen molar-refractivity contribution in [3.05, 3.63) is 58.8 Å². The lowest BCUT2D eigenvalue weighted by Crippen LogP contribution is -2.52. The molecule has 0 bridgehead atoms. The highest BCUT2D eigenvalue weighted by Gasteiger charge is 2.29. The number of pyridine rings is 1. The van der Waals surface area contributed by atoms with Gasteiger partial charge in [0.15, 0.2) is 5.58 Å². The molecule has 1 aliphatic rings. The van der Waals surface area contributed by atoms with Crippen LogP contribution >= 0.6 is 0 Å². The maximum Gasteiger partial charge on any atom is 0.528 e. The highest BCUT2D eigenvalue weighted by molar-refractivity contribution is 5.78. The topological polar surface area (TPSA) is 151 Å². The van der Waals surface area contributed by atoms with Crippen molar-refractivity contribution in [1.29, 1.82) is 0 Å². The Kier molecular flexibility index (Phi) is 7.30. The van der Waals surface area contributed by atoms with Gasteiger partial charge in [-0.2, -0.15) is 4.98 Å². The van der Waals surface area contributed by atoms with E-state index in [4.69, 9.17) is 14.0 Å². The van der Waals surface area contributed by atoms with E-state index in [1.165, 1.54) is 0 Å². The molecule has 1 fully saturated rings. The predicted octanol–water partition coefficient (Wildman–Crippen LogP) is 4.48. The normalized spacial score (nSPS) is 16.1. The molecule has 3 aromatic heterocycles. The summed E-state index contributed by atoms with van der Waals surface area (Å²) in [5.41, 5.74) is 2.80. The molecule has 0 aliphatic carbocycles. The van der Waals surface area contributed by atoms with Gasteiger partial charge in [0.25, 0.3) is 0 Å². The first kappa shape index (κ1) is 26.9. The maximum absolute atomic E-state index is 12.0. The molecular formula is C27H32N8O5. The zero-order valence-electron chi connectivity index (χ0n) is 23.0. The van der Waals surface area contributed by atoms with E-state index in [1.54, 1.807) is 56.4 Å². The van der Waals surface area contributed by atoms with E-state index in [2.05, 4.69) is 35.5 Å². The first-order chi connectivity index (χ1) is 19.0. The van der Waals surface area contributed by atoms with E-state index in [-0.39, 0.29) is 6.04 Å². The summed E-state index contributed by atoms with van der Waals surface area (Å²) in [6.45, 7) is 11.1. The number of aryl methyl sites for hydroxylation is 1. The number of aromatic amines is 1. The molecule has 0 unspecified atom stereocenters. The average molecular weight is 549 g/mol. The summed E-state index contributed by atoms with van der Waals surface area (Å²) >= 11 is 0. The molecule has 4 heterocycles. The summed E-state index contributed by atoms with van der Waals surface area (Å²) in [6, 6.07) is 9.10. The zero-order valence-corrected chi connectivity index (χ0v) is 23.0. The van der Waals surface area contributed by atoms with Crippen molar-refractivity contribution in [3.8, 4) is 0 Å². The Balaban J connectivity index is 1.20. The number of hydroxylamine groups is 2. The van der Waals surface area contributed by atoms with Crippen molar-refractivity contribution >= 4 is 46.2 Å². The first-order valence-electron chi connectivity index (χ1n) is 12.9. The summed E-state index contributed by atoms with van der Waals surface area (Å²) in [6.07, 6.45) is 2.74. The van der Waals surface area contributed by atoms with Crippen LogP contribution in [-0.4, -0.2) is 62.4 Å². The lowest BCUT2D eigenvalue weighted by molar-refractivity contribution is -0.165. The van der Waals surface area contributed by atoms with Crippen LogP contribution < -0.4 is 21.3 Å². The van der Waals surface area contributed by atoms with Gasteiger partial charge in [0, 0.05) is 30.5 Å². The van der Waals surface area contributed by atoms with Gasteiger partial charge in [-0.1, -0.05) is 0 Å². The third kappa shape index (κ3) is 6.49. The molecule has 13 nitrogen and oxygen atoms in total. The molecule has 0 amide bonds. The Morgan fingerprint density at radius 3 is 2.62 bits per heavy atom. The van der Waals surface area contributed by atoms with Gasteiger partial charge < -0.3 is 29.5 Å². The van der Waals surface area contributed by atoms with Crippen LogP contribution in [0.3, 0.4) is 0 Å². The molecule has 40 heavy (non-hydrogen) atoms. The highest BCUT2D eigenvalue weighted by atomic mass is 16.8. The van der Waals surface area contributed by atoms with Gasteiger partial charge >= 0.3 is 11.9 Å². The predicted molar refractivity (Wildman–Crippen MR) is 150 cm³/mol. The summed E-state index contributed by atoms with van der Waals surface area (Å²) in [5.74, 6) is 1.34. The van der Waals surface area contributed by atoms with E-state index in [0.29, 0.717) is 42.5 Å². The minimum Gasteiger partial charge on any atom is -0.427 e. The second-order valence-corrected chi connectivity index (χ2v) is 10.6. The molecule has 0 radical (unpaired) electrons. The fraction of sp³-hybridized carbons (Fsp3) is 0.370. The van der Waals surface area contributed by atoms with E-state index >= 15 is 0 Å². The van der Waals surface area contributed by atoms with Crippen LogP contribution in [0.15, 0.2) is 51.9 Å². The molecule has 210 valence electrons. The molecule has 0 saturated carbocycles. The van der Waals surface area contributed by atoms with Crippen LogP contribution in [-0.2, 0) is 9.57 Å². The standard InChI is InChI=1S/C27H32N8O5/c1-16-13-29-24(33-23(16)30-18-6-8-21-20(12-18)32-25(36)38-21)31-19-7-9-22(28-14-19)34-10-11-35(17(2)15-34)40-26(37)39-27(3,4)5/h6-9,12-14,17H,10-11,15H2,1-5H3,(H,32,36)(H2,29,30,31,33)/t17-/m0/s1. The summed E-state index contributed by atoms with van der Waals surface area (Å²) in [7, 11) is 0. The molecule has 1 saturated heterocycles. The van der Waals surface area contributed by atoms with Crippen molar-refractivity contribution in [2.24, 2.45) is 0 Å². The SMILES string of the molecule is Cc1cnc(Nc2ccc(N3CCN(OC(=O)OC(C)(C)C)[C@@H](C)C3)nc2)nc1Nc1ccc2oc(=O)[nH]c2c1. The van der Waals surface area contributed by atoms with Gasteiger partial charge in [0.05, 0.1) is 30.0 Å². The van der Waals surface area contributed by atoms with Crippen molar-refractivity contribution in [2.75, 3.05) is 35.2 Å². The lowest BCUT2D eigenvalue weighted by atomic mass is 10.2.